The van der Waals surface area contributed by atoms with Gasteiger partial charge in [-0.05, 0) is 17.0 Å². The number of rotatable bonds is 6. The molecule has 27 heavy (non-hydrogen) atoms. The third kappa shape index (κ3) is 4.81. The Bertz CT molecular complexity index is 865. The van der Waals surface area contributed by atoms with Crippen molar-refractivity contribution >= 4 is 28.6 Å². The van der Waals surface area contributed by atoms with Gasteiger partial charge in [0.05, 0.1) is 12.7 Å². The zero-order valence-electron chi connectivity index (χ0n) is 14.8. The molecule has 3 heterocycles. The van der Waals surface area contributed by atoms with Gasteiger partial charge in [0.2, 0.25) is 0 Å². The summed E-state index contributed by atoms with van der Waals surface area (Å²) in [6.07, 6.45) is 0.00129. The van der Waals surface area contributed by atoms with Gasteiger partial charge in [-0.15, -0.1) is 11.3 Å². The lowest BCUT2D eigenvalue weighted by molar-refractivity contribution is -0.0292. The molecule has 7 heteroatoms. The number of carbonyl (C=O) groups excluding carboxylic acids is 1. The fraction of sp³-hybridized carbons (Fsp3) is 0.300. The number of carbonyl (C=O) groups is 1. The largest absolute Gasteiger partial charge is 0.374 e. The van der Waals surface area contributed by atoms with Gasteiger partial charge >= 0.3 is 0 Å². The lowest BCUT2D eigenvalue weighted by Crippen LogP contribution is -2.47. The Kier molecular flexibility index (Phi) is 5.94. The van der Waals surface area contributed by atoms with Crippen molar-refractivity contribution in [3.05, 3.63) is 63.8 Å². The van der Waals surface area contributed by atoms with Crippen LogP contribution in [-0.2, 0) is 11.3 Å². The number of benzene rings is 1. The van der Waals surface area contributed by atoms with Gasteiger partial charge in [0.1, 0.15) is 10.7 Å². The number of nitrogens with zero attached hydrogens (tertiary/aromatic N) is 2. The highest BCUT2D eigenvalue weighted by Gasteiger charge is 2.22. The first-order chi connectivity index (χ1) is 13.3. The summed E-state index contributed by atoms with van der Waals surface area (Å²) in [6.45, 7) is 3.81. The van der Waals surface area contributed by atoms with Crippen molar-refractivity contribution < 1.29 is 9.53 Å². The van der Waals surface area contributed by atoms with E-state index in [4.69, 9.17) is 4.74 Å². The van der Waals surface area contributed by atoms with Crippen molar-refractivity contribution in [1.82, 2.24) is 15.2 Å². The number of nitrogens with one attached hydrogen (secondary N) is 1. The van der Waals surface area contributed by atoms with Gasteiger partial charge < -0.3 is 10.1 Å². The van der Waals surface area contributed by atoms with E-state index in [1.54, 1.807) is 11.3 Å². The molecule has 140 valence electrons. The van der Waals surface area contributed by atoms with Gasteiger partial charge in [-0.3, -0.25) is 9.69 Å². The molecule has 2 aromatic heterocycles. The highest BCUT2D eigenvalue weighted by Crippen LogP contribution is 2.25. The van der Waals surface area contributed by atoms with Gasteiger partial charge in [-0.25, -0.2) is 4.98 Å². The van der Waals surface area contributed by atoms with Crippen LogP contribution in [0.5, 0.6) is 0 Å². The molecule has 1 aliphatic rings. The normalized spacial score (nSPS) is 17.7. The third-order valence-corrected chi connectivity index (χ3v) is 6.04. The first-order valence-corrected chi connectivity index (χ1v) is 10.7. The van der Waals surface area contributed by atoms with E-state index in [-0.39, 0.29) is 12.0 Å². The molecule has 1 saturated heterocycles. The molecule has 0 radical (unpaired) electrons. The zero-order valence-corrected chi connectivity index (χ0v) is 16.5. The Morgan fingerprint density at radius 1 is 1.26 bits per heavy atom. The minimum atomic E-state index is -0.142. The maximum absolute atomic E-state index is 12.4. The number of thiophene rings is 1. The number of ether oxygens (including phenoxy) is 1. The number of amides is 1. The molecule has 5 nitrogen and oxygen atoms in total. The Morgan fingerprint density at radius 2 is 2.15 bits per heavy atom. The van der Waals surface area contributed by atoms with Crippen LogP contribution in [0.4, 0.5) is 0 Å². The van der Waals surface area contributed by atoms with Gasteiger partial charge in [0.15, 0.2) is 0 Å². The van der Waals surface area contributed by atoms with Crippen LogP contribution in [0.3, 0.4) is 0 Å². The first kappa shape index (κ1) is 18.3. The summed E-state index contributed by atoms with van der Waals surface area (Å²) in [5, 5.41) is 9.71. The number of morpholine rings is 1. The molecule has 1 N–H and O–H groups in total. The molecular weight excluding hydrogens is 378 g/mol. The van der Waals surface area contributed by atoms with Gasteiger partial charge in [0, 0.05) is 42.5 Å². The summed E-state index contributed by atoms with van der Waals surface area (Å²) in [6, 6.07) is 12.4. The Balaban J connectivity index is 1.28. The highest BCUT2D eigenvalue weighted by molar-refractivity contribution is 7.14. The number of hydrogen-bond acceptors (Lipinski definition) is 6. The molecule has 1 aliphatic heterocycles. The lowest BCUT2D eigenvalue weighted by Gasteiger charge is -2.33. The second kappa shape index (κ2) is 8.75. The van der Waals surface area contributed by atoms with Crippen LogP contribution in [0, 0.1) is 0 Å². The standard InChI is InChI=1S/C20H21N3O2S2/c24-19(18-14-27-20(22-18)16-6-9-26-13-16)21-10-17-12-23(7-8-25-17)11-15-4-2-1-3-5-15/h1-6,9,13-14,17H,7-8,10-12H2,(H,21,24). The van der Waals surface area contributed by atoms with Crippen LogP contribution in [0.25, 0.3) is 10.6 Å². The van der Waals surface area contributed by atoms with E-state index >= 15 is 0 Å². The summed E-state index contributed by atoms with van der Waals surface area (Å²) in [5.74, 6) is -0.142. The average molecular weight is 400 g/mol. The van der Waals surface area contributed by atoms with E-state index in [1.165, 1.54) is 16.9 Å². The monoisotopic (exact) mass is 399 g/mol. The molecule has 3 aromatic rings. The van der Waals surface area contributed by atoms with Crippen LogP contribution < -0.4 is 5.32 Å². The van der Waals surface area contributed by atoms with Gasteiger partial charge in [-0.1, -0.05) is 30.3 Å². The Morgan fingerprint density at radius 3 is 2.96 bits per heavy atom. The van der Waals surface area contributed by atoms with E-state index in [1.807, 2.05) is 28.3 Å². The maximum atomic E-state index is 12.4. The molecular formula is C20H21N3O2S2. The van der Waals surface area contributed by atoms with Gasteiger partial charge in [0.25, 0.3) is 5.91 Å². The minimum absolute atomic E-state index is 0.00129. The Hall–Kier alpha value is -2.06. The van der Waals surface area contributed by atoms with E-state index in [9.17, 15) is 4.79 Å². The van der Waals surface area contributed by atoms with Crippen LogP contribution in [-0.4, -0.2) is 48.1 Å². The number of hydrogen-bond donors (Lipinski definition) is 1. The van der Waals surface area contributed by atoms with Crippen LogP contribution in [0.1, 0.15) is 16.1 Å². The Labute approximate surface area is 166 Å². The van der Waals surface area contributed by atoms with Crippen molar-refractivity contribution in [3.63, 3.8) is 0 Å². The predicted octanol–water partition coefficient (Wildman–Crippen LogP) is 3.50. The summed E-state index contributed by atoms with van der Waals surface area (Å²) in [5.41, 5.74) is 2.83. The van der Waals surface area contributed by atoms with E-state index in [0.29, 0.717) is 18.8 Å². The molecule has 0 bridgehead atoms. The maximum Gasteiger partial charge on any atom is 0.270 e. The highest BCUT2D eigenvalue weighted by atomic mass is 32.1. The van der Waals surface area contributed by atoms with Gasteiger partial charge in [-0.2, -0.15) is 11.3 Å². The molecule has 0 saturated carbocycles. The summed E-state index contributed by atoms with van der Waals surface area (Å²) < 4.78 is 5.82. The topological polar surface area (TPSA) is 54.5 Å². The van der Waals surface area contributed by atoms with Crippen molar-refractivity contribution in [2.24, 2.45) is 0 Å². The molecule has 1 aromatic carbocycles. The quantitative estimate of drug-likeness (QED) is 0.689. The molecule has 1 amide bonds. The summed E-state index contributed by atoms with van der Waals surface area (Å²) in [4.78, 5) is 19.2. The molecule has 1 fully saturated rings. The molecule has 4 rings (SSSR count). The third-order valence-electron chi connectivity index (χ3n) is 4.47. The van der Waals surface area contributed by atoms with Crippen LogP contribution >= 0.6 is 22.7 Å². The second-order valence-electron chi connectivity index (χ2n) is 6.47. The average Bonchev–Trinajstić information content (AvgIpc) is 3.39. The zero-order chi connectivity index (χ0) is 18.5. The van der Waals surface area contributed by atoms with Crippen molar-refractivity contribution in [2.45, 2.75) is 12.6 Å². The number of thiazole rings is 1. The molecule has 1 unspecified atom stereocenters. The van der Waals surface area contributed by atoms with Crippen molar-refractivity contribution in [2.75, 3.05) is 26.2 Å². The first-order valence-electron chi connectivity index (χ1n) is 8.92. The predicted molar refractivity (Wildman–Crippen MR) is 109 cm³/mol. The van der Waals surface area contributed by atoms with E-state index in [0.717, 1.165) is 30.2 Å². The molecule has 0 spiro atoms. The molecule has 0 aliphatic carbocycles. The number of aromatic nitrogens is 1. The van der Waals surface area contributed by atoms with Crippen molar-refractivity contribution in [1.29, 1.82) is 0 Å². The van der Waals surface area contributed by atoms with E-state index < -0.39 is 0 Å². The summed E-state index contributed by atoms with van der Waals surface area (Å²) in [7, 11) is 0. The smallest absolute Gasteiger partial charge is 0.270 e. The fourth-order valence-electron chi connectivity index (χ4n) is 3.08. The van der Waals surface area contributed by atoms with Crippen LogP contribution in [0.2, 0.25) is 0 Å². The SMILES string of the molecule is O=C(NCC1CN(Cc2ccccc2)CCO1)c1csc(-c2ccsc2)n1. The minimum Gasteiger partial charge on any atom is -0.374 e. The van der Waals surface area contributed by atoms with Crippen LogP contribution in [0.15, 0.2) is 52.5 Å². The second-order valence-corrected chi connectivity index (χ2v) is 8.11. The van der Waals surface area contributed by atoms with Crippen molar-refractivity contribution in [3.8, 4) is 10.6 Å². The fourth-order valence-corrected chi connectivity index (χ4v) is 4.60. The summed E-state index contributed by atoms with van der Waals surface area (Å²) >= 11 is 3.12. The lowest BCUT2D eigenvalue weighted by atomic mass is 10.2. The van der Waals surface area contributed by atoms with E-state index in [2.05, 4.69) is 39.5 Å². The molecule has 1 atom stereocenters.